The number of rotatable bonds is 11. The van der Waals surface area contributed by atoms with Crippen LogP contribution in [0.1, 0.15) is 26.3 Å². The molecule has 3 rings (SSSR count). The van der Waals surface area contributed by atoms with Crippen molar-refractivity contribution in [3.63, 3.8) is 0 Å². The number of halogens is 2. The zero-order valence-electron chi connectivity index (χ0n) is 21.5. The van der Waals surface area contributed by atoms with Crippen LogP contribution in [0.2, 0.25) is 5.02 Å². The van der Waals surface area contributed by atoms with E-state index >= 15 is 0 Å². The topological polar surface area (TPSA) is 86.8 Å². The fourth-order valence-corrected chi connectivity index (χ4v) is 5.24. The SMILES string of the molecule is CC(C)CNC(=O)C(C)N(Cc1ccc(Cl)cc1)C(=O)CN(c1ccc(F)cc1)S(=O)(=O)c1ccccc1. The van der Waals surface area contributed by atoms with Crippen molar-refractivity contribution in [2.45, 2.75) is 38.3 Å². The Morgan fingerprint density at radius 1 is 0.921 bits per heavy atom. The van der Waals surface area contributed by atoms with Crippen molar-refractivity contribution in [2.75, 3.05) is 17.4 Å². The van der Waals surface area contributed by atoms with Crippen molar-refractivity contribution in [3.05, 3.63) is 95.3 Å². The van der Waals surface area contributed by atoms with Crippen molar-refractivity contribution < 1.29 is 22.4 Å². The van der Waals surface area contributed by atoms with Gasteiger partial charge in [-0.15, -0.1) is 0 Å². The monoisotopic (exact) mass is 559 g/mol. The molecule has 202 valence electrons. The fraction of sp³-hybridized carbons (Fsp3) is 0.286. The van der Waals surface area contributed by atoms with Crippen LogP contribution >= 0.6 is 11.6 Å². The summed E-state index contributed by atoms with van der Waals surface area (Å²) in [6.45, 7) is 5.38. The summed E-state index contributed by atoms with van der Waals surface area (Å²) in [7, 11) is -4.20. The Morgan fingerprint density at radius 3 is 2.11 bits per heavy atom. The lowest BCUT2D eigenvalue weighted by molar-refractivity contribution is -0.139. The van der Waals surface area contributed by atoms with Gasteiger partial charge in [0, 0.05) is 18.1 Å². The molecule has 10 heteroatoms. The number of nitrogens with zero attached hydrogens (tertiary/aromatic N) is 2. The van der Waals surface area contributed by atoms with Gasteiger partial charge < -0.3 is 10.2 Å². The predicted molar refractivity (Wildman–Crippen MR) is 147 cm³/mol. The van der Waals surface area contributed by atoms with E-state index in [9.17, 15) is 22.4 Å². The minimum atomic E-state index is -4.20. The molecule has 0 aliphatic carbocycles. The van der Waals surface area contributed by atoms with Crippen LogP contribution in [0.25, 0.3) is 0 Å². The highest BCUT2D eigenvalue weighted by Crippen LogP contribution is 2.25. The quantitative estimate of drug-likeness (QED) is 0.363. The van der Waals surface area contributed by atoms with E-state index in [-0.39, 0.29) is 29.0 Å². The van der Waals surface area contributed by atoms with Crippen molar-refractivity contribution in [1.82, 2.24) is 10.2 Å². The number of amides is 2. The first-order valence-electron chi connectivity index (χ1n) is 12.1. The van der Waals surface area contributed by atoms with Crippen LogP contribution in [0, 0.1) is 11.7 Å². The maximum Gasteiger partial charge on any atom is 0.264 e. The van der Waals surface area contributed by atoms with Gasteiger partial charge in [0.25, 0.3) is 10.0 Å². The summed E-state index contributed by atoms with van der Waals surface area (Å²) in [5, 5.41) is 3.35. The second-order valence-electron chi connectivity index (χ2n) is 9.26. The average Bonchev–Trinajstić information content (AvgIpc) is 2.90. The molecule has 1 unspecified atom stereocenters. The van der Waals surface area contributed by atoms with Gasteiger partial charge in [-0.3, -0.25) is 13.9 Å². The van der Waals surface area contributed by atoms with E-state index in [0.717, 1.165) is 16.4 Å². The molecule has 3 aromatic rings. The minimum Gasteiger partial charge on any atom is -0.354 e. The molecule has 0 aromatic heterocycles. The molecule has 0 saturated heterocycles. The van der Waals surface area contributed by atoms with Crippen LogP contribution in [-0.4, -0.2) is 44.3 Å². The summed E-state index contributed by atoms with van der Waals surface area (Å²) in [6, 6.07) is 18.4. The molecule has 0 aliphatic heterocycles. The highest BCUT2D eigenvalue weighted by Gasteiger charge is 2.32. The van der Waals surface area contributed by atoms with Crippen LogP contribution in [-0.2, 0) is 26.2 Å². The van der Waals surface area contributed by atoms with E-state index in [4.69, 9.17) is 11.6 Å². The molecular weight excluding hydrogens is 529 g/mol. The Balaban J connectivity index is 1.98. The van der Waals surface area contributed by atoms with Gasteiger partial charge in [-0.05, 0) is 66.9 Å². The number of anilines is 1. The van der Waals surface area contributed by atoms with Gasteiger partial charge in [-0.25, -0.2) is 12.8 Å². The Kier molecular flexibility index (Phi) is 9.88. The Morgan fingerprint density at radius 2 is 1.53 bits per heavy atom. The van der Waals surface area contributed by atoms with Crippen molar-refractivity contribution in [1.29, 1.82) is 0 Å². The number of hydrogen-bond acceptors (Lipinski definition) is 4. The molecule has 0 spiro atoms. The van der Waals surface area contributed by atoms with Crippen molar-refractivity contribution in [2.24, 2.45) is 5.92 Å². The van der Waals surface area contributed by atoms with Crippen LogP contribution < -0.4 is 9.62 Å². The Labute approximate surface area is 228 Å². The molecule has 0 fully saturated rings. The molecule has 3 aromatic carbocycles. The van der Waals surface area contributed by atoms with Crippen molar-refractivity contribution >= 4 is 39.1 Å². The van der Waals surface area contributed by atoms with Crippen LogP contribution in [0.15, 0.2) is 83.8 Å². The second kappa shape index (κ2) is 12.9. The molecule has 38 heavy (non-hydrogen) atoms. The van der Waals surface area contributed by atoms with E-state index in [2.05, 4.69) is 5.32 Å². The summed E-state index contributed by atoms with van der Waals surface area (Å²) in [5.74, 6) is -1.30. The molecule has 0 bridgehead atoms. The highest BCUT2D eigenvalue weighted by atomic mass is 35.5. The maximum atomic E-state index is 13.8. The van der Waals surface area contributed by atoms with Gasteiger partial charge >= 0.3 is 0 Å². The summed E-state index contributed by atoms with van der Waals surface area (Å²) in [5.41, 5.74) is 0.831. The molecule has 0 saturated carbocycles. The third-order valence-corrected chi connectivity index (χ3v) is 7.88. The molecule has 0 aliphatic rings. The number of hydrogen-bond donors (Lipinski definition) is 1. The number of carbonyl (C=O) groups excluding carboxylic acids is 2. The predicted octanol–water partition coefficient (Wildman–Crippen LogP) is 4.86. The zero-order valence-corrected chi connectivity index (χ0v) is 23.0. The first kappa shape index (κ1) is 29.1. The van der Waals surface area contributed by atoms with Gasteiger partial charge in [0.15, 0.2) is 0 Å². The smallest absolute Gasteiger partial charge is 0.264 e. The third kappa shape index (κ3) is 7.55. The van der Waals surface area contributed by atoms with Crippen molar-refractivity contribution in [3.8, 4) is 0 Å². The molecule has 2 amide bonds. The van der Waals surface area contributed by atoms with E-state index in [1.54, 1.807) is 49.4 Å². The minimum absolute atomic E-state index is 0.0240. The number of nitrogens with one attached hydrogen (secondary N) is 1. The molecular formula is C28H31ClFN3O4S. The molecule has 0 radical (unpaired) electrons. The third-order valence-electron chi connectivity index (χ3n) is 5.84. The summed E-state index contributed by atoms with van der Waals surface area (Å²) in [6.07, 6.45) is 0. The second-order valence-corrected chi connectivity index (χ2v) is 11.6. The lowest BCUT2D eigenvalue weighted by Gasteiger charge is -2.32. The van der Waals surface area contributed by atoms with Gasteiger partial charge in [-0.1, -0.05) is 55.8 Å². The van der Waals surface area contributed by atoms with E-state index in [1.165, 1.54) is 29.2 Å². The van der Waals surface area contributed by atoms with E-state index in [0.29, 0.717) is 17.1 Å². The normalized spacial score (nSPS) is 12.2. The molecule has 1 atom stereocenters. The van der Waals surface area contributed by atoms with Crippen LogP contribution in [0.5, 0.6) is 0 Å². The van der Waals surface area contributed by atoms with Crippen LogP contribution in [0.4, 0.5) is 10.1 Å². The number of benzene rings is 3. The van der Waals surface area contributed by atoms with Gasteiger partial charge in [-0.2, -0.15) is 0 Å². The Hall–Kier alpha value is -3.43. The summed E-state index contributed by atoms with van der Waals surface area (Å²) >= 11 is 6.01. The number of sulfonamides is 1. The first-order valence-corrected chi connectivity index (χ1v) is 14.0. The maximum absolute atomic E-state index is 13.8. The lowest BCUT2D eigenvalue weighted by Crippen LogP contribution is -2.51. The van der Waals surface area contributed by atoms with Gasteiger partial charge in [0.1, 0.15) is 18.4 Å². The lowest BCUT2D eigenvalue weighted by atomic mass is 10.1. The molecule has 0 heterocycles. The van der Waals surface area contributed by atoms with Gasteiger partial charge in [0.2, 0.25) is 11.8 Å². The summed E-state index contributed by atoms with van der Waals surface area (Å²) in [4.78, 5) is 28.0. The van der Waals surface area contributed by atoms with Gasteiger partial charge in [0.05, 0.1) is 10.6 Å². The Bertz CT molecular complexity index is 1330. The summed E-state index contributed by atoms with van der Waals surface area (Å²) < 4.78 is 41.8. The average molecular weight is 560 g/mol. The largest absolute Gasteiger partial charge is 0.354 e. The molecule has 1 N–H and O–H groups in total. The molecule has 7 nitrogen and oxygen atoms in total. The fourth-order valence-electron chi connectivity index (χ4n) is 3.68. The first-order chi connectivity index (χ1) is 18.0. The van der Waals surface area contributed by atoms with Crippen LogP contribution in [0.3, 0.4) is 0 Å². The zero-order chi connectivity index (χ0) is 27.9. The standard InChI is InChI=1S/C28H31ClFN3O4S/c1-20(2)17-31-28(35)21(3)32(18-22-9-11-23(29)12-10-22)27(34)19-33(25-15-13-24(30)14-16-25)38(36,37)26-7-5-4-6-8-26/h4-16,20-21H,17-19H2,1-3H3,(H,31,35). The number of carbonyl (C=O) groups is 2. The van der Waals surface area contributed by atoms with E-state index in [1.807, 2.05) is 13.8 Å². The highest BCUT2D eigenvalue weighted by molar-refractivity contribution is 7.92. The van der Waals surface area contributed by atoms with E-state index < -0.39 is 34.3 Å².